The van der Waals surface area contributed by atoms with E-state index in [9.17, 15) is 9.59 Å². The number of halogens is 1. The van der Waals surface area contributed by atoms with Crippen molar-refractivity contribution in [3.8, 4) is 11.5 Å². The highest BCUT2D eigenvalue weighted by Crippen LogP contribution is 2.51. The fraction of sp³-hybridized carbons (Fsp3) is 0.438. The summed E-state index contributed by atoms with van der Waals surface area (Å²) in [5.41, 5.74) is 6.55. The first kappa shape index (κ1) is 27.5. The Kier molecular flexibility index (Phi) is 8.43. The second-order valence-electron chi connectivity index (χ2n) is 10.5. The third-order valence-corrected chi connectivity index (χ3v) is 8.15. The van der Waals surface area contributed by atoms with E-state index >= 15 is 0 Å². The Morgan fingerprint density at radius 2 is 1.64 bits per heavy atom. The topological polar surface area (TPSA) is 65.1 Å². The lowest BCUT2D eigenvalue weighted by molar-refractivity contribution is -0.117. The molecule has 39 heavy (non-hydrogen) atoms. The molecule has 7 heteroatoms. The van der Waals surface area contributed by atoms with Crippen molar-refractivity contribution >= 4 is 23.2 Å². The Balaban J connectivity index is 1.57. The molecular formula is C32H36ClNO5. The van der Waals surface area contributed by atoms with Crippen LogP contribution in [0.4, 0.5) is 0 Å². The predicted octanol–water partition coefficient (Wildman–Crippen LogP) is 6.69. The molecule has 2 aromatic rings. The summed E-state index contributed by atoms with van der Waals surface area (Å²) in [6, 6.07) is 11.9. The number of ketones is 2. The predicted molar refractivity (Wildman–Crippen MR) is 151 cm³/mol. The largest absolute Gasteiger partial charge is 0.493 e. The molecule has 0 aromatic heterocycles. The van der Waals surface area contributed by atoms with Gasteiger partial charge in [0.05, 0.1) is 12.1 Å². The van der Waals surface area contributed by atoms with E-state index in [2.05, 4.69) is 11.0 Å². The molecular weight excluding hydrogens is 514 g/mol. The van der Waals surface area contributed by atoms with Gasteiger partial charge in [-0.3, -0.25) is 9.59 Å². The second-order valence-corrected chi connectivity index (χ2v) is 10.9. The Morgan fingerprint density at radius 3 is 2.26 bits per heavy atom. The van der Waals surface area contributed by atoms with Crippen molar-refractivity contribution in [1.29, 1.82) is 0 Å². The van der Waals surface area contributed by atoms with Crippen molar-refractivity contribution < 1.29 is 23.8 Å². The van der Waals surface area contributed by atoms with Crippen molar-refractivity contribution in [2.75, 3.05) is 27.4 Å². The van der Waals surface area contributed by atoms with Crippen LogP contribution < -0.4 is 9.47 Å². The van der Waals surface area contributed by atoms with Crippen molar-refractivity contribution in [3.05, 3.63) is 80.7 Å². The molecule has 0 amide bonds. The number of rotatable bonds is 9. The van der Waals surface area contributed by atoms with E-state index < -0.39 is 5.92 Å². The monoisotopic (exact) mass is 549 g/mol. The van der Waals surface area contributed by atoms with Gasteiger partial charge in [-0.15, -0.1) is 0 Å². The average molecular weight is 550 g/mol. The summed E-state index contributed by atoms with van der Waals surface area (Å²) in [5, 5.41) is 0.398. The Hall–Kier alpha value is -3.09. The van der Waals surface area contributed by atoms with Gasteiger partial charge in [0.1, 0.15) is 6.61 Å². The number of ether oxygens (including phenoxy) is 3. The van der Waals surface area contributed by atoms with E-state index in [1.54, 1.807) is 14.2 Å². The first-order chi connectivity index (χ1) is 18.9. The van der Waals surface area contributed by atoms with Gasteiger partial charge in [-0.2, -0.15) is 0 Å². The van der Waals surface area contributed by atoms with Crippen LogP contribution in [0.25, 0.3) is 0 Å². The molecule has 2 aromatic carbocycles. The van der Waals surface area contributed by atoms with Crippen LogP contribution in [0.3, 0.4) is 0 Å². The third kappa shape index (κ3) is 5.50. The van der Waals surface area contributed by atoms with Gasteiger partial charge in [-0.25, -0.2) is 0 Å². The lowest BCUT2D eigenvalue weighted by atomic mass is 9.71. The van der Waals surface area contributed by atoms with E-state index in [0.717, 1.165) is 77.9 Å². The van der Waals surface area contributed by atoms with E-state index in [1.807, 2.05) is 37.3 Å². The van der Waals surface area contributed by atoms with Gasteiger partial charge >= 0.3 is 0 Å². The molecule has 0 unspecified atom stereocenters. The summed E-state index contributed by atoms with van der Waals surface area (Å²) in [7, 11) is 3.28. The minimum absolute atomic E-state index is 0.109. The number of allylic oxidation sites excluding steroid dienone is 4. The quantitative estimate of drug-likeness (QED) is 0.325. The van der Waals surface area contributed by atoms with Crippen LogP contribution in [-0.4, -0.2) is 43.8 Å². The molecule has 5 rings (SSSR count). The molecule has 6 nitrogen and oxygen atoms in total. The van der Waals surface area contributed by atoms with E-state index in [1.165, 1.54) is 0 Å². The Bertz CT molecular complexity index is 1300. The molecule has 0 fully saturated rings. The summed E-state index contributed by atoms with van der Waals surface area (Å²) < 4.78 is 17.2. The first-order valence-corrected chi connectivity index (χ1v) is 14.2. The second kappa shape index (κ2) is 12.0. The summed E-state index contributed by atoms with van der Waals surface area (Å²) >= 11 is 6.83. The number of methoxy groups -OCH3 is 2. The maximum Gasteiger partial charge on any atom is 0.180 e. The van der Waals surface area contributed by atoms with Crippen LogP contribution in [-0.2, 0) is 20.9 Å². The van der Waals surface area contributed by atoms with Gasteiger partial charge in [-0.1, -0.05) is 41.4 Å². The highest BCUT2D eigenvalue weighted by Gasteiger charge is 2.43. The highest BCUT2D eigenvalue weighted by molar-refractivity contribution is 6.32. The zero-order valence-corrected chi connectivity index (χ0v) is 23.7. The molecule has 2 aliphatic carbocycles. The zero-order chi connectivity index (χ0) is 27.5. The molecule has 206 valence electrons. The lowest BCUT2D eigenvalue weighted by Gasteiger charge is -2.44. The van der Waals surface area contributed by atoms with Gasteiger partial charge in [0.25, 0.3) is 0 Å². The van der Waals surface area contributed by atoms with Crippen LogP contribution in [0, 0.1) is 6.92 Å². The highest BCUT2D eigenvalue weighted by atomic mass is 35.5. The molecule has 1 aliphatic heterocycles. The van der Waals surface area contributed by atoms with Gasteiger partial charge in [0.15, 0.2) is 23.1 Å². The smallest absolute Gasteiger partial charge is 0.180 e. The molecule has 3 aliphatic rings. The normalized spacial score (nSPS) is 17.9. The molecule has 1 heterocycles. The Labute approximate surface area is 235 Å². The molecule has 0 saturated carbocycles. The van der Waals surface area contributed by atoms with E-state index in [0.29, 0.717) is 42.6 Å². The minimum atomic E-state index is -0.452. The maximum absolute atomic E-state index is 13.5. The number of aryl methyl sites for hydroxylation is 1. The standard InChI is InChI=1S/C32H36ClNO5/c1-20-8-4-9-21(16-20)19-39-32-23(33)17-22(18-28(32)38-3)29-30-24(10-5-12-26(30)35)34(14-7-15-37-2)25-11-6-13-27(36)31(25)29/h4,8-9,16-18,29H,5-7,10-15,19H2,1-3H3. The van der Waals surface area contributed by atoms with Crippen LogP contribution in [0.15, 0.2) is 58.9 Å². The number of nitrogens with zero attached hydrogens (tertiary/aromatic N) is 1. The van der Waals surface area contributed by atoms with Crippen molar-refractivity contribution in [2.45, 2.75) is 64.4 Å². The third-order valence-electron chi connectivity index (χ3n) is 7.87. The molecule has 0 N–H and O–H groups in total. The van der Waals surface area contributed by atoms with Crippen LogP contribution in [0.2, 0.25) is 5.02 Å². The van der Waals surface area contributed by atoms with E-state index in [4.69, 9.17) is 25.8 Å². The molecule has 0 radical (unpaired) electrons. The fourth-order valence-corrected chi connectivity index (χ4v) is 6.46. The number of benzene rings is 2. The number of hydrogen-bond donors (Lipinski definition) is 0. The van der Waals surface area contributed by atoms with Crippen molar-refractivity contribution in [1.82, 2.24) is 4.90 Å². The van der Waals surface area contributed by atoms with Crippen molar-refractivity contribution in [3.63, 3.8) is 0 Å². The maximum atomic E-state index is 13.5. The Morgan fingerprint density at radius 1 is 0.949 bits per heavy atom. The number of hydrogen-bond acceptors (Lipinski definition) is 6. The SMILES string of the molecule is COCCCN1C2=C(C(=O)CCC2)C(c2cc(Cl)c(OCc3cccc(C)c3)c(OC)c2)C2=C1CCCC2=O. The fourth-order valence-electron chi connectivity index (χ4n) is 6.19. The lowest BCUT2D eigenvalue weighted by Crippen LogP contribution is -2.39. The number of Topliss-reactive ketones (excluding diaryl/α,β-unsaturated/α-hetero) is 2. The van der Waals surface area contributed by atoms with Crippen molar-refractivity contribution in [2.24, 2.45) is 0 Å². The van der Waals surface area contributed by atoms with Crippen LogP contribution in [0.5, 0.6) is 11.5 Å². The molecule has 0 spiro atoms. The molecule has 0 saturated heterocycles. The summed E-state index contributed by atoms with van der Waals surface area (Å²) in [4.78, 5) is 29.3. The summed E-state index contributed by atoms with van der Waals surface area (Å²) in [6.45, 7) is 3.75. The molecule has 0 bridgehead atoms. The summed E-state index contributed by atoms with van der Waals surface area (Å²) in [6.07, 6.45) is 5.07. The van der Waals surface area contributed by atoms with Crippen LogP contribution >= 0.6 is 11.6 Å². The number of carbonyl (C=O) groups excluding carboxylic acids is 2. The van der Waals surface area contributed by atoms with Gasteiger partial charge in [0.2, 0.25) is 0 Å². The van der Waals surface area contributed by atoms with Gasteiger partial charge < -0.3 is 19.1 Å². The average Bonchev–Trinajstić information content (AvgIpc) is 2.92. The minimum Gasteiger partial charge on any atom is -0.493 e. The van der Waals surface area contributed by atoms with Crippen LogP contribution in [0.1, 0.15) is 67.6 Å². The zero-order valence-electron chi connectivity index (χ0n) is 23.0. The van der Waals surface area contributed by atoms with Gasteiger partial charge in [-0.05, 0) is 62.3 Å². The summed E-state index contributed by atoms with van der Waals surface area (Å²) in [5.74, 6) is 0.709. The molecule has 0 atom stereocenters. The number of carbonyl (C=O) groups is 2. The van der Waals surface area contributed by atoms with E-state index in [-0.39, 0.29) is 11.6 Å². The van der Waals surface area contributed by atoms with Gasteiger partial charge in [0, 0.05) is 61.6 Å². The first-order valence-electron chi connectivity index (χ1n) is 13.8.